The maximum Gasteiger partial charge on any atom is 0.123 e. The highest BCUT2D eigenvalue weighted by Crippen LogP contribution is 2.26. The van der Waals surface area contributed by atoms with Crippen molar-refractivity contribution in [2.24, 2.45) is 5.73 Å². The molecule has 2 rings (SSSR count). The molecule has 7 heteroatoms. The minimum atomic E-state index is -0.646. The lowest BCUT2D eigenvalue weighted by atomic mass is 10.2. The van der Waals surface area contributed by atoms with Crippen molar-refractivity contribution in [3.63, 3.8) is 0 Å². The predicted molar refractivity (Wildman–Crippen MR) is 84.9 cm³/mol. The zero-order valence-electron chi connectivity index (χ0n) is 10.7. The van der Waals surface area contributed by atoms with Crippen LogP contribution in [-0.4, -0.2) is 28.7 Å². The van der Waals surface area contributed by atoms with Crippen LogP contribution in [0.2, 0.25) is 0 Å². The molecule has 1 aromatic carbocycles. The van der Waals surface area contributed by atoms with Crippen molar-refractivity contribution >= 4 is 35.3 Å². The second-order valence-corrected chi connectivity index (χ2v) is 5.40. The van der Waals surface area contributed by atoms with Gasteiger partial charge in [0.15, 0.2) is 0 Å². The molecule has 3 N–H and O–H groups in total. The fraction of sp³-hybridized carbons (Fsp3) is 0.308. The van der Waals surface area contributed by atoms with Gasteiger partial charge in [-0.3, -0.25) is 0 Å². The van der Waals surface area contributed by atoms with Gasteiger partial charge >= 0.3 is 0 Å². The van der Waals surface area contributed by atoms with Crippen LogP contribution in [0.3, 0.4) is 0 Å². The van der Waals surface area contributed by atoms with Gasteiger partial charge in [-0.2, -0.15) is 0 Å². The van der Waals surface area contributed by atoms with Gasteiger partial charge in [0, 0.05) is 23.2 Å². The number of nitrogens with zero attached hydrogens (tertiary/aromatic N) is 1. The lowest BCUT2D eigenvalue weighted by molar-refractivity contribution is 0.125. The molecule has 0 saturated carbocycles. The quantitative estimate of drug-likeness (QED) is 0.797. The second kappa shape index (κ2) is 8.44. The van der Waals surface area contributed by atoms with Gasteiger partial charge in [-0.05, 0) is 24.3 Å². The molecule has 0 bridgehead atoms. The molecule has 0 aliphatic rings. The molecular weight excluding hydrogens is 319 g/mol. The Morgan fingerprint density at radius 1 is 1.35 bits per heavy atom. The Balaban J connectivity index is 0.00000200. The summed E-state index contributed by atoms with van der Waals surface area (Å²) < 4.78 is 5.40. The first-order valence-corrected chi connectivity index (χ1v) is 7.20. The Labute approximate surface area is 133 Å². The van der Waals surface area contributed by atoms with Gasteiger partial charge in [0.25, 0.3) is 0 Å². The Morgan fingerprint density at radius 2 is 2.05 bits per heavy atom. The molecule has 0 saturated heterocycles. The zero-order chi connectivity index (χ0) is 13.7. The Kier molecular flexibility index (Phi) is 7.26. The minimum Gasteiger partial charge on any atom is -0.491 e. The summed E-state index contributed by atoms with van der Waals surface area (Å²) in [6.07, 6.45) is 1.15. The van der Waals surface area contributed by atoms with Gasteiger partial charge < -0.3 is 15.6 Å². The Morgan fingerprint density at radius 3 is 2.60 bits per heavy atom. The van der Waals surface area contributed by atoms with Crippen LogP contribution < -0.4 is 10.5 Å². The number of benzene rings is 1. The first kappa shape index (κ1) is 17.2. The molecule has 0 fully saturated rings. The van der Waals surface area contributed by atoms with Gasteiger partial charge in [-0.25, -0.2) is 4.98 Å². The maximum absolute atomic E-state index is 9.30. The molecule has 110 valence electrons. The topological polar surface area (TPSA) is 68.4 Å². The molecule has 0 amide bonds. The largest absolute Gasteiger partial charge is 0.491 e. The van der Waals surface area contributed by atoms with E-state index in [-0.39, 0.29) is 24.9 Å². The van der Waals surface area contributed by atoms with E-state index >= 15 is 0 Å². The van der Waals surface area contributed by atoms with Crippen LogP contribution >= 0.6 is 35.3 Å². The van der Waals surface area contributed by atoms with E-state index in [0.29, 0.717) is 12.3 Å². The first-order chi connectivity index (χ1) is 9.22. The van der Waals surface area contributed by atoms with Crippen LogP contribution in [0.15, 0.2) is 30.5 Å². The molecule has 1 unspecified atom stereocenters. The summed E-state index contributed by atoms with van der Waals surface area (Å²) >= 11 is 7.07. The third-order valence-corrected chi connectivity index (χ3v) is 3.90. The second-order valence-electron chi connectivity index (χ2n) is 3.98. The van der Waals surface area contributed by atoms with E-state index in [4.69, 9.17) is 22.1 Å². The first-order valence-electron chi connectivity index (χ1n) is 5.85. The Bertz CT molecular complexity index is 519. The number of thiazole rings is 1. The number of rotatable bonds is 6. The molecule has 0 spiro atoms. The molecular formula is C13H16Cl2N2O2S. The zero-order valence-corrected chi connectivity index (χ0v) is 13.0. The van der Waals surface area contributed by atoms with Crippen molar-refractivity contribution in [2.75, 3.05) is 12.5 Å². The number of hydrogen-bond donors (Lipinski definition) is 2. The van der Waals surface area contributed by atoms with E-state index in [0.717, 1.165) is 15.4 Å². The highest BCUT2D eigenvalue weighted by molar-refractivity contribution is 7.15. The highest BCUT2D eigenvalue weighted by atomic mass is 35.5. The van der Waals surface area contributed by atoms with Crippen LogP contribution in [0.25, 0.3) is 10.6 Å². The van der Waals surface area contributed by atoms with Crippen molar-refractivity contribution in [3.8, 4) is 16.3 Å². The number of hydrogen-bond acceptors (Lipinski definition) is 5. The van der Waals surface area contributed by atoms with Crippen molar-refractivity contribution in [1.82, 2.24) is 4.98 Å². The van der Waals surface area contributed by atoms with Crippen molar-refractivity contribution in [2.45, 2.75) is 12.6 Å². The SMILES string of the molecule is Cl.NCc1cnc(-c2ccc(OCC(O)CCl)cc2)s1. The molecule has 0 aliphatic heterocycles. The van der Waals surface area contributed by atoms with Crippen LogP contribution in [0.1, 0.15) is 4.88 Å². The normalized spacial score (nSPS) is 11.8. The average molecular weight is 335 g/mol. The van der Waals surface area contributed by atoms with E-state index in [1.165, 1.54) is 0 Å². The number of aromatic nitrogens is 1. The van der Waals surface area contributed by atoms with Gasteiger partial charge in [-0.15, -0.1) is 35.3 Å². The van der Waals surface area contributed by atoms with E-state index in [1.807, 2.05) is 24.3 Å². The molecule has 2 aromatic rings. The van der Waals surface area contributed by atoms with Crippen molar-refractivity contribution in [3.05, 3.63) is 35.3 Å². The summed E-state index contributed by atoms with van der Waals surface area (Å²) in [6.45, 7) is 0.701. The summed E-state index contributed by atoms with van der Waals surface area (Å²) in [7, 11) is 0. The smallest absolute Gasteiger partial charge is 0.123 e. The summed E-state index contributed by atoms with van der Waals surface area (Å²) in [5.41, 5.74) is 6.59. The minimum absolute atomic E-state index is 0. The predicted octanol–water partition coefficient (Wildman–Crippen LogP) is 2.67. The fourth-order valence-corrected chi connectivity index (χ4v) is 2.35. The van der Waals surface area contributed by atoms with Gasteiger partial charge in [0.2, 0.25) is 0 Å². The fourth-order valence-electron chi connectivity index (χ4n) is 1.47. The van der Waals surface area contributed by atoms with Crippen LogP contribution in [0.4, 0.5) is 0 Å². The lowest BCUT2D eigenvalue weighted by Crippen LogP contribution is -2.18. The molecule has 1 aromatic heterocycles. The highest BCUT2D eigenvalue weighted by Gasteiger charge is 2.06. The van der Waals surface area contributed by atoms with E-state index in [2.05, 4.69) is 4.98 Å². The lowest BCUT2D eigenvalue weighted by Gasteiger charge is -2.09. The summed E-state index contributed by atoms with van der Waals surface area (Å²) in [4.78, 5) is 5.37. The van der Waals surface area contributed by atoms with Crippen LogP contribution in [0, 0.1) is 0 Å². The maximum atomic E-state index is 9.30. The number of alkyl halides is 1. The molecule has 20 heavy (non-hydrogen) atoms. The number of aliphatic hydroxyl groups excluding tert-OH is 1. The summed E-state index contributed by atoms with van der Waals surface area (Å²) in [6, 6.07) is 7.56. The molecule has 1 heterocycles. The van der Waals surface area contributed by atoms with Gasteiger partial charge in [-0.1, -0.05) is 0 Å². The van der Waals surface area contributed by atoms with E-state index < -0.39 is 6.10 Å². The van der Waals surface area contributed by atoms with Crippen molar-refractivity contribution in [1.29, 1.82) is 0 Å². The monoisotopic (exact) mass is 334 g/mol. The Hall–Kier alpha value is -0.850. The van der Waals surface area contributed by atoms with Crippen LogP contribution in [0.5, 0.6) is 5.75 Å². The summed E-state index contributed by atoms with van der Waals surface area (Å²) in [5, 5.41) is 10.2. The summed E-state index contributed by atoms with van der Waals surface area (Å²) in [5.74, 6) is 0.863. The molecule has 1 atom stereocenters. The van der Waals surface area contributed by atoms with E-state index in [9.17, 15) is 5.11 Å². The third kappa shape index (κ3) is 4.61. The average Bonchev–Trinajstić information content (AvgIpc) is 2.94. The van der Waals surface area contributed by atoms with Gasteiger partial charge in [0.1, 0.15) is 23.5 Å². The van der Waals surface area contributed by atoms with Crippen LogP contribution in [-0.2, 0) is 6.54 Å². The van der Waals surface area contributed by atoms with E-state index in [1.54, 1.807) is 17.5 Å². The number of halogens is 2. The number of ether oxygens (including phenoxy) is 1. The van der Waals surface area contributed by atoms with Gasteiger partial charge in [0.05, 0.1) is 5.88 Å². The number of aliphatic hydroxyl groups is 1. The number of nitrogens with two attached hydrogens (primary N) is 1. The molecule has 0 aliphatic carbocycles. The molecule has 4 nitrogen and oxygen atoms in total. The van der Waals surface area contributed by atoms with Crippen molar-refractivity contribution < 1.29 is 9.84 Å². The molecule has 0 radical (unpaired) electrons. The third-order valence-electron chi connectivity index (χ3n) is 2.48. The standard InChI is InChI=1S/C13H15ClN2O2S.ClH/c14-5-10(17)8-18-11-3-1-9(2-4-11)13-16-7-12(6-15)19-13;/h1-4,7,10,17H,5-6,8,15H2;1H.